The van der Waals surface area contributed by atoms with Crippen molar-refractivity contribution >= 4 is 45.4 Å². The van der Waals surface area contributed by atoms with E-state index in [4.69, 9.17) is 5.73 Å². The number of nitrogen functional groups attached to an aromatic ring is 1. The average Bonchev–Trinajstić information content (AvgIpc) is 2.95. The molecule has 0 aliphatic heterocycles. The minimum absolute atomic E-state index is 0.220. The second-order valence-electron chi connectivity index (χ2n) is 3.26. The number of nitrogens with two attached hydrogens (primary N) is 1. The quantitative estimate of drug-likeness (QED) is 0.502. The third-order valence-corrected chi connectivity index (χ3v) is 4.87. The first-order valence-corrected chi connectivity index (χ1v) is 7.72. The number of anilines is 1. The number of Topliss-reactive ketones (excluding diaryl/α,β-unsaturated/α-hetero) is 1. The largest absolute Gasteiger partial charge is 0.374 e. The minimum atomic E-state index is 0.220. The molecule has 0 aromatic carbocycles. The lowest BCUT2D eigenvalue weighted by Gasteiger charge is -1.97. The number of hydrogen-bond donors (Lipinski definition) is 1. The van der Waals surface area contributed by atoms with Gasteiger partial charge < -0.3 is 5.73 Å². The third-order valence-electron chi connectivity index (χ3n) is 1.99. The summed E-state index contributed by atoms with van der Waals surface area (Å²) in [6.45, 7) is 0. The van der Waals surface area contributed by atoms with Crippen molar-refractivity contribution in [2.24, 2.45) is 0 Å². The number of carbonyl (C=O) groups excluding carboxylic acids is 1. The van der Waals surface area contributed by atoms with Gasteiger partial charge in [0.15, 0.2) is 10.1 Å². The van der Waals surface area contributed by atoms with Crippen LogP contribution in [0.2, 0.25) is 0 Å². The smallest absolute Gasteiger partial charge is 0.203 e. The van der Waals surface area contributed by atoms with Gasteiger partial charge in [0.2, 0.25) is 5.13 Å². The highest BCUT2D eigenvalue weighted by Crippen LogP contribution is 2.24. The summed E-state index contributed by atoms with van der Waals surface area (Å²) in [5.74, 6) is 1.09. The number of carbonyl (C=O) groups is 1. The Balaban J connectivity index is 1.68. The molecule has 2 heterocycles. The maximum absolute atomic E-state index is 11.7. The van der Waals surface area contributed by atoms with Crippen LogP contribution < -0.4 is 5.73 Å². The van der Waals surface area contributed by atoms with Crippen molar-refractivity contribution in [3.63, 3.8) is 0 Å². The molecule has 2 N–H and O–H groups in total. The van der Waals surface area contributed by atoms with Gasteiger partial charge in [-0.1, -0.05) is 29.2 Å². The van der Waals surface area contributed by atoms with Gasteiger partial charge in [-0.3, -0.25) is 4.79 Å². The molecule has 17 heavy (non-hydrogen) atoms. The number of rotatable bonds is 6. The van der Waals surface area contributed by atoms with Crippen LogP contribution in [0.3, 0.4) is 0 Å². The van der Waals surface area contributed by atoms with Gasteiger partial charge in [-0.25, -0.2) is 0 Å². The Hall–Kier alpha value is -0.920. The van der Waals surface area contributed by atoms with Crippen LogP contribution in [0, 0.1) is 0 Å². The second kappa shape index (κ2) is 6.13. The van der Waals surface area contributed by atoms with Crippen molar-refractivity contribution < 1.29 is 4.79 Å². The molecule has 2 rings (SSSR count). The van der Waals surface area contributed by atoms with Crippen LogP contribution in [0.4, 0.5) is 5.13 Å². The topological polar surface area (TPSA) is 68.9 Å². The van der Waals surface area contributed by atoms with Crippen LogP contribution in [0.25, 0.3) is 0 Å². The zero-order valence-electron chi connectivity index (χ0n) is 8.96. The first kappa shape index (κ1) is 12.5. The summed E-state index contributed by atoms with van der Waals surface area (Å²) in [6.07, 6.45) is 1.43. The Bertz CT molecular complexity index is 481. The van der Waals surface area contributed by atoms with E-state index in [1.807, 2.05) is 17.5 Å². The summed E-state index contributed by atoms with van der Waals surface area (Å²) in [5.41, 5.74) is 5.47. The fraction of sp³-hybridized carbons (Fsp3) is 0.300. The van der Waals surface area contributed by atoms with E-state index < -0.39 is 0 Å². The van der Waals surface area contributed by atoms with Crippen molar-refractivity contribution in [1.82, 2.24) is 10.2 Å². The summed E-state index contributed by atoms with van der Waals surface area (Å²) in [6, 6.07) is 3.77. The first-order chi connectivity index (χ1) is 8.25. The Morgan fingerprint density at radius 3 is 3.00 bits per heavy atom. The molecule has 0 aliphatic rings. The van der Waals surface area contributed by atoms with E-state index in [9.17, 15) is 4.79 Å². The molecule has 0 aliphatic carbocycles. The van der Waals surface area contributed by atoms with Crippen molar-refractivity contribution in [3.05, 3.63) is 22.4 Å². The fourth-order valence-electron chi connectivity index (χ4n) is 1.23. The molecule has 0 saturated heterocycles. The lowest BCUT2D eigenvalue weighted by molar-refractivity contribution is 0.0986. The van der Waals surface area contributed by atoms with E-state index in [0.717, 1.165) is 21.4 Å². The monoisotopic (exact) mass is 285 g/mol. The van der Waals surface area contributed by atoms with Gasteiger partial charge >= 0.3 is 0 Å². The molecule has 2 aromatic rings. The first-order valence-electron chi connectivity index (χ1n) is 5.04. The van der Waals surface area contributed by atoms with Gasteiger partial charge in [-0.2, -0.15) is 0 Å². The van der Waals surface area contributed by atoms with E-state index in [2.05, 4.69) is 10.2 Å². The van der Waals surface area contributed by atoms with E-state index in [1.165, 1.54) is 22.7 Å². The van der Waals surface area contributed by atoms with Crippen LogP contribution in [0.15, 0.2) is 21.9 Å². The highest BCUT2D eigenvalue weighted by atomic mass is 32.2. The Morgan fingerprint density at radius 1 is 1.47 bits per heavy atom. The highest BCUT2D eigenvalue weighted by molar-refractivity contribution is 8.01. The molecule has 0 saturated carbocycles. The number of thioether (sulfide) groups is 1. The molecule has 0 radical (unpaired) electrons. The molecule has 0 unspecified atom stereocenters. The molecule has 0 fully saturated rings. The highest BCUT2D eigenvalue weighted by Gasteiger charge is 2.07. The molecule has 2 aromatic heterocycles. The third kappa shape index (κ3) is 3.79. The van der Waals surface area contributed by atoms with Crippen molar-refractivity contribution in [3.8, 4) is 0 Å². The molecule has 7 heteroatoms. The minimum Gasteiger partial charge on any atom is -0.374 e. The van der Waals surface area contributed by atoms with E-state index in [0.29, 0.717) is 11.6 Å². The van der Waals surface area contributed by atoms with Crippen molar-refractivity contribution in [1.29, 1.82) is 0 Å². The number of aromatic nitrogens is 2. The number of hydrogen-bond acceptors (Lipinski definition) is 7. The van der Waals surface area contributed by atoms with Crippen LogP contribution >= 0.6 is 34.4 Å². The van der Waals surface area contributed by atoms with E-state index in [-0.39, 0.29) is 5.78 Å². The normalized spacial score (nSPS) is 10.6. The zero-order valence-corrected chi connectivity index (χ0v) is 11.4. The Labute approximate surface area is 111 Å². The van der Waals surface area contributed by atoms with Crippen LogP contribution in [0.1, 0.15) is 22.5 Å². The van der Waals surface area contributed by atoms with Crippen molar-refractivity contribution in [2.75, 3.05) is 11.5 Å². The lowest BCUT2D eigenvalue weighted by atomic mass is 10.2. The lowest BCUT2D eigenvalue weighted by Crippen LogP contribution is -1.96. The van der Waals surface area contributed by atoms with Gasteiger partial charge in [0.1, 0.15) is 0 Å². The number of nitrogens with zero attached hydrogens (tertiary/aromatic N) is 2. The maximum Gasteiger partial charge on any atom is 0.203 e. The predicted octanol–water partition coefficient (Wildman–Crippen LogP) is 2.94. The molecule has 0 amide bonds. The Kier molecular flexibility index (Phi) is 4.52. The van der Waals surface area contributed by atoms with E-state index in [1.54, 1.807) is 11.8 Å². The van der Waals surface area contributed by atoms with Crippen LogP contribution in [-0.4, -0.2) is 21.7 Å². The van der Waals surface area contributed by atoms with Gasteiger partial charge in [0.05, 0.1) is 4.88 Å². The van der Waals surface area contributed by atoms with Crippen molar-refractivity contribution in [2.45, 2.75) is 17.2 Å². The zero-order chi connectivity index (χ0) is 12.1. The molecular formula is C10H11N3OS3. The summed E-state index contributed by atoms with van der Waals surface area (Å²) in [7, 11) is 0. The predicted molar refractivity (Wildman–Crippen MR) is 72.9 cm³/mol. The molecule has 0 bridgehead atoms. The Morgan fingerprint density at radius 2 is 2.35 bits per heavy atom. The molecular weight excluding hydrogens is 274 g/mol. The summed E-state index contributed by atoms with van der Waals surface area (Å²) in [5, 5.41) is 10.0. The summed E-state index contributed by atoms with van der Waals surface area (Å²) >= 11 is 4.47. The summed E-state index contributed by atoms with van der Waals surface area (Å²) < 4.78 is 0.867. The van der Waals surface area contributed by atoms with E-state index >= 15 is 0 Å². The van der Waals surface area contributed by atoms with Gasteiger partial charge in [0.25, 0.3) is 0 Å². The fourth-order valence-corrected chi connectivity index (χ4v) is 3.57. The van der Waals surface area contributed by atoms with Gasteiger partial charge in [-0.05, 0) is 17.9 Å². The second-order valence-corrected chi connectivity index (χ2v) is 6.56. The van der Waals surface area contributed by atoms with Gasteiger partial charge in [0, 0.05) is 12.2 Å². The summed E-state index contributed by atoms with van der Waals surface area (Å²) in [4.78, 5) is 12.5. The molecule has 90 valence electrons. The van der Waals surface area contributed by atoms with Crippen LogP contribution in [-0.2, 0) is 0 Å². The molecule has 0 spiro atoms. The standard InChI is InChI=1S/C10H11N3OS3/c11-9-12-13-10(17-9)16-6-1-3-7(14)8-4-2-5-15-8/h2,4-5H,1,3,6H2,(H2,11,12). The molecule has 0 atom stereocenters. The number of ketones is 1. The van der Waals surface area contributed by atoms with Crippen LogP contribution in [0.5, 0.6) is 0 Å². The number of thiophene rings is 1. The SMILES string of the molecule is Nc1nnc(SCCCC(=O)c2cccs2)s1. The van der Waals surface area contributed by atoms with Gasteiger partial charge in [-0.15, -0.1) is 21.5 Å². The maximum atomic E-state index is 11.7. The molecule has 4 nitrogen and oxygen atoms in total. The average molecular weight is 285 g/mol.